The van der Waals surface area contributed by atoms with Gasteiger partial charge in [-0.3, -0.25) is 0 Å². The summed E-state index contributed by atoms with van der Waals surface area (Å²) in [5.74, 6) is 0. The minimum atomic E-state index is 0.524. The first kappa shape index (κ1) is 14.2. The van der Waals surface area contributed by atoms with E-state index in [2.05, 4.69) is 46.7 Å². The number of hydrogen-bond acceptors (Lipinski definition) is 2. The molecule has 0 bridgehead atoms. The van der Waals surface area contributed by atoms with Gasteiger partial charge in [0.2, 0.25) is 0 Å². The van der Waals surface area contributed by atoms with Crippen molar-refractivity contribution in [3.8, 4) is 0 Å². The maximum Gasteiger partial charge on any atom is 0.0423 e. The molecule has 0 saturated heterocycles. The molecule has 16 heavy (non-hydrogen) atoms. The van der Waals surface area contributed by atoms with Gasteiger partial charge in [-0.1, -0.05) is 39.0 Å². The van der Waals surface area contributed by atoms with Gasteiger partial charge in [0.15, 0.2) is 0 Å². The number of unbranched alkanes of at least 4 members (excludes halogenated alkanes) is 4. The van der Waals surface area contributed by atoms with Crippen molar-refractivity contribution in [3.05, 3.63) is 20.8 Å². The van der Waals surface area contributed by atoms with E-state index in [1.165, 1.54) is 47.9 Å². The molecule has 92 valence electrons. The summed E-state index contributed by atoms with van der Waals surface area (Å²) in [6.45, 7) is 2.26. The summed E-state index contributed by atoms with van der Waals surface area (Å²) in [6.07, 6.45) is 8.04. The lowest BCUT2D eigenvalue weighted by molar-refractivity contribution is 0.505. The fourth-order valence-electron chi connectivity index (χ4n) is 1.91. The van der Waals surface area contributed by atoms with Crippen molar-refractivity contribution in [2.45, 2.75) is 51.5 Å². The second-order valence-corrected chi connectivity index (χ2v) is 5.98. The number of rotatable bonds is 8. The topological polar surface area (TPSA) is 12.0 Å². The molecule has 0 amide bonds. The lowest BCUT2D eigenvalue weighted by Crippen LogP contribution is -2.15. The molecule has 1 nitrogen and oxygen atoms in total. The second-order valence-electron chi connectivity index (χ2n) is 4.18. The Bertz CT molecular complexity index is 285. The van der Waals surface area contributed by atoms with Crippen LogP contribution >= 0.6 is 27.3 Å². The largest absolute Gasteiger partial charge is 0.312 e. The van der Waals surface area contributed by atoms with Gasteiger partial charge in [-0.25, -0.2) is 0 Å². The maximum atomic E-state index is 3.61. The molecular formula is C13H22BrNS. The average molecular weight is 304 g/mol. The fraction of sp³-hybridized carbons (Fsp3) is 0.692. The predicted molar refractivity (Wildman–Crippen MR) is 77.2 cm³/mol. The normalized spacial score (nSPS) is 12.9. The van der Waals surface area contributed by atoms with Crippen molar-refractivity contribution < 1.29 is 0 Å². The Hall–Kier alpha value is 0.140. The standard InChI is InChI=1S/C13H22BrNS/c1-3-4-5-6-7-8-12(15-2)13-11(14)9-10-16-13/h9-10,12,15H,3-8H2,1-2H3. The third kappa shape index (κ3) is 4.56. The van der Waals surface area contributed by atoms with Crippen molar-refractivity contribution in [2.75, 3.05) is 7.05 Å². The fourth-order valence-corrected chi connectivity index (χ4v) is 3.71. The van der Waals surface area contributed by atoms with Gasteiger partial charge in [0.25, 0.3) is 0 Å². The zero-order chi connectivity index (χ0) is 11.8. The monoisotopic (exact) mass is 303 g/mol. The molecule has 1 heterocycles. The van der Waals surface area contributed by atoms with Crippen LogP contribution < -0.4 is 5.32 Å². The van der Waals surface area contributed by atoms with Crippen molar-refractivity contribution in [2.24, 2.45) is 0 Å². The van der Waals surface area contributed by atoms with Crippen LogP contribution in [0.5, 0.6) is 0 Å². The molecule has 0 fully saturated rings. The van der Waals surface area contributed by atoms with Gasteiger partial charge in [-0.2, -0.15) is 0 Å². The van der Waals surface area contributed by atoms with Crippen LogP contribution in [0.2, 0.25) is 0 Å². The highest BCUT2D eigenvalue weighted by atomic mass is 79.9. The molecule has 1 aromatic rings. The zero-order valence-corrected chi connectivity index (χ0v) is 12.7. The summed E-state index contributed by atoms with van der Waals surface area (Å²) >= 11 is 5.45. The molecule has 0 aromatic carbocycles. The molecule has 1 N–H and O–H groups in total. The first-order chi connectivity index (χ1) is 7.79. The van der Waals surface area contributed by atoms with E-state index >= 15 is 0 Å². The van der Waals surface area contributed by atoms with E-state index in [9.17, 15) is 0 Å². The van der Waals surface area contributed by atoms with Gasteiger partial charge in [0.1, 0.15) is 0 Å². The van der Waals surface area contributed by atoms with Crippen molar-refractivity contribution in [1.82, 2.24) is 5.32 Å². The average Bonchev–Trinajstić information content (AvgIpc) is 2.70. The van der Waals surface area contributed by atoms with Gasteiger partial charge in [0, 0.05) is 15.4 Å². The van der Waals surface area contributed by atoms with Gasteiger partial charge in [-0.15, -0.1) is 11.3 Å². The van der Waals surface area contributed by atoms with Gasteiger partial charge >= 0.3 is 0 Å². The molecule has 0 spiro atoms. The molecule has 0 radical (unpaired) electrons. The molecule has 0 aliphatic carbocycles. The molecule has 3 heteroatoms. The van der Waals surface area contributed by atoms with Crippen LogP contribution in [0.15, 0.2) is 15.9 Å². The third-order valence-electron chi connectivity index (χ3n) is 2.91. The molecule has 1 rings (SSSR count). The highest BCUT2D eigenvalue weighted by Gasteiger charge is 2.13. The minimum Gasteiger partial charge on any atom is -0.312 e. The SMILES string of the molecule is CCCCCCCC(NC)c1sccc1Br. The Labute approximate surface area is 112 Å². The van der Waals surface area contributed by atoms with Crippen LogP contribution in [0.3, 0.4) is 0 Å². The Morgan fingerprint density at radius 3 is 2.62 bits per heavy atom. The summed E-state index contributed by atoms with van der Waals surface area (Å²) in [7, 11) is 2.06. The summed E-state index contributed by atoms with van der Waals surface area (Å²) in [5, 5.41) is 5.57. The maximum absolute atomic E-state index is 3.61. The van der Waals surface area contributed by atoms with Crippen molar-refractivity contribution >= 4 is 27.3 Å². The van der Waals surface area contributed by atoms with Crippen molar-refractivity contribution in [3.63, 3.8) is 0 Å². The van der Waals surface area contributed by atoms with Gasteiger partial charge < -0.3 is 5.32 Å². The molecule has 0 saturated carbocycles. The van der Waals surface area contributed by atoms with E-state index in [1.54, 1.807) is 0 Å². The Kier molecular flexibility index (Phi) is 7.33. The van der Waals surface area contributed by atoms with E-state index in [1.807, 2.05) is 11.3 Å². The molecule has 0 aliphatic rings. The number of hydrogen-bond donors (Lipinski definition) is 1. The van der Waals surface area contributed by atoms with Crippen LogP contribution in [0, 0.1) is 0 Å². The minimum absolute atomic E-state index is 0.524. The van der Waals surface area contributed by atoms with E-state index < -0.39 is 0 Å². The molecule has 1 atom stereocenters. The Morgan fingerprint density at radius 2 is 2.06 bits per heavy atom. The summed E-state index contributed by atoms with van der Waals surface area (Å²) < 4.78 is 1.26. The van der Waals surface area contributed by atoms with Crippen LogP contribution in [-0.4, -0.2) is 7.05 Å². The van der Waals surface area contributed by atoms with E-state index in [0.29, 0.717) is 6.04 Å². The summed E-state index contributed by atoms with van der Waals surface area (Å²) in [5.41, 5.74) is 0. The Morgan fingerprint density at radius 1 is 1.31 bits per heavy atom. The highest BCUT2D eigenvalue weighted by Crippen LogP contribution is 2.31. The molecule has 0 aliphatic heterocycles. The van der Waals surface area contributed by atoms with Crippen LogP contribution in [0.1, 0.15) is 56.4 Å². The first-order valence-electron chi connectivity index (χ1n) is 6.19. The lowest BCUT2D eigenvalue weighted by Gasteiger charge is -2.15. The van der Waals surface area contributed by atoms with E-state index in [4.69, 9.17) is 0 Å². The van der Waals surface area contributed by atoms with Crippen LogP contribution in [0.25, 0.3) is 0 Å². The van der Waals surface area contributed by atoms with Crippen LogP contribution in [0.4, 0.5) is 0 Å². The second kappa shape index (κ2) is 8.26. The number of thiophene rings is 1. The smallest absolute Gasteiger partial charge is 0.0423 e. The Balaban J connectivity index is 2.30. The van der Waals surface area contributed by atoms with E-state index in [0.717, 1.165) is 0 Å². The molecular weight excluding hydrogens is 282 g/mol. The molecule has 1 unspecified atom stereocenters. The summed E-state index contributed by atoms with van der Waals surface area (Å²) in [6, 6.07) is 2.66. The summed E-state index contributed by atoms with van der Waals surface area (Å²) in [4.78, 5) is 1.44. The zero-order valence-electron chi connectivity index (χ0n) is 10.3. The quantitative estimate of drug-likeness (QED) is 0.656. The first-order valence-corrected chi connectivity index (χ1v) is 7.87. The molecule has 1 aromatic heterocycles. The third-order valence-corrected chi connectivity index (χ3v) is 4.89. The lowest BCUT2D eigenvalue weighted by atomic mass is 10.1. The number of halogens is 1. The number of nitrogens with one attached hydrogen (secondary N) is 1. The van der Waals surface area contributed by atoms with E-state index in [-0.39, 0.29) is 0 Å². The van der Waals surface area contributed by atoms with Gasteiger partial charge in [0.05, 0.1) is 0 Å². The van der Waals surface area contributed by atoms with Crippen molar-refractivity contribution in [1.29, 1.82) is 0 Å². The predicted octanol–water partition coefficient (Wildman–Crippen LogP) is 5.13. The van der Waals surface area contributed by atoms with Crippen LogP contribution in [-0.2, 0) is 0 Å². The van der Waals surface area contributed by atoms with Gasteiger partial charge in [-0.05, 0) is 40.8 Å². The highest BCUT2D eigenvalue weighted by molar-refractivity contribution is 9.10.